The van der Waals surface area contributed by atoms with Gasteiger partial charge in [0, 0.05) is 65.3 Å². The first-order chi connectivity index (χ1) is 31.2. The van der Waals surface area contributed by atoms with E-state index in [0.29, 0.717) is 46.0 Å². The van der Waals surface area contributed by atoms with Gasteiger partial charge in [-0.3, -0.25) is 0 Å². The number of fused-ring (bicyclic) bond motifs is 20. The predicted octanol–water partition coefficient (Wildman–Crippen LogP) is 6.46. The average Bonchev–Trinajstić information content (AvgIpc) is 4.16. The summed E-state index contributed by atoms with van der Waals surface area (Å²) in [5.41, 5.74) is 6.44. The van der Waals surface area contributed by atoms with Gasteiger partial charge in [-0.25, -0.2) is 39.9 Å². The Kier molecular flexibility index (Phi) is 5.75. The molecule has 0 N–H and O–H groups in total. The molecule has 13 nitrogen and oxygen atoms in total. The van der Waals surface area contributed by atoms with Crippen LogP contribution >= 0.6 is 0 Å². The number of nitrogens with zero attached hydrogens (tertiary/aromatic N) is 12. The molecule has 10 heterocycles. The third kappa shape index (κ3) is 3.94. The molecule has 0 saturated carbocycles. The summed E-state index contributed by atoms with van der Waals surface area (Å²) in [4.78, 5) is 43.0. The van der Waals surface area contributed by atoms with E-state index < -0.39 is 14.4 Å². The number of aliphatic imine (C=N–C) groups is 4. The maximum absolute atomic E-state index is 7.99. The highest BCUT2D eigenvalue weighted by atomic mass is 16.4. The maximum Gasteiger partial charge on any atom is 0.550 e. The number of amidine groups is 4. The Bertz CT molecular complexity index is 4010. The summed E-state index contributed by atoms with van der Waals surface area (Å²) in [6.07, 6.45) is 0. The van der Waals surface area contributed by atoms with E-state index in [1.165, 1.54) is 0 Å². The van der Waals surface area contributed by atoms with Gasteiger partial charge in [0.25, 0.3) is 0 Å². The second-order valence-electron chi connectivity index (χ2n) is 16.3. The van der Waals surface area contributed by atoms with Crippen LogP contribution in [0.3, 0.4) is 0 Å². The topological polar surface area (TPSA) is 128 Å². The summed E-state index contributed by atoms with van der Waals surface area (Å²) in [6, 6.07) is 49.5. The number of aromatic nitrogens is 4. The van der Waals surface area contributed by atoms with Crippen molar-refractivity contribution >= 4 is 104 Å². The predicted molar refractivity (Wildman–Crippen MR) is 244 cm³/mol. The van der Waals surface area contributed by atoms with E-state index in [4.69, 9.17) is 44.5 Å². The van der Waals surface area contributed by atoms with E-state index in [0.717, 1.165) is 88.0 Å². The van der Waals surface area contributed by atoms with Gasteiger partial charge in [-0.15, -0.1) is 0 Å². The fraction of sp³-hybridized carbons (Fsp3) is 0. The van der Waals surface area contributed by atoms with E-state index in [1.54, 1.807) is 0 Å². The highest BCUT2D eigenvalue weighted by Crippen LogP contribution is 2.44. The van der Waals surface area contributed by atoms with Crippen LogP contribution in [0.4, 0.5) is 23.3 Å². The van der Waals surface area contributed by atoms with Crippen molar-refractivity contribution in [3.63, 3.8) is 0 Å². The second-order valence-corrected chi connectivity index (χ2v) is 16.3. The number of hydrogen-bond donors (Lipinski definition) is 0. The van der Waals surface area contributed by atoms with Crippen LogP contribution in [0.1, 0.15) is 22.3 Å². The zero-order chi connectivity index (χ0) is 40.7. The lowest BCUT2D eigenvalue weighted by atomic mass is 9.88. The van der Waals surface area contributed by atoms with E-state index in [-0.39, 0.29) is 0 Å². The Balaban J connectivity index is 1.08. The Morgan fingerprint density at radius 3 is 0.889 bits per heavy atom. The lowest BCUT2D eigenvalue weighted by Gasteiger charge is -2.29. The van der Waals surface area contributed by atoms with Gasteiger partial charge in [0.2, 0.25) is 0 Å². The quantitative estimate of drug-likeness (QED) is 0.183. The molecule has 6 aliphatic rings. The van der Waals surface area contributed by atoms with Crippen molar-refractivity contribution in [3.8, 4) is 0 Å². The first kappa shape index (κ1) is 32.3. The molecular formula is C48H24B2N12O. The standard InChI is InChI=1S/C48H24B2N12O/c1-2-14-26-25(13-1)37-51-38(26)54-42-30-18-6-10-22-34(30)46-57-45-33-21-9-5-17-29(33)41(53-37)59(45)49(60(42)46)63-50-61-43-31-19-7-11-23-35(31)47(61)58-48-36-24-12-8-20-32(36)44(62(48)50)56-40-28-16-4-3-15-27(28)39(52-40)55-43/h1-24H. The molecule has 0 atom stereocenters. The van der Waals surface area contributed by atoms with Crippen molar-refractivity contribution in [2.75, 3.05) is 0 Å². The summed E-state index contributed by atoms with van der Waals surface area (Å²) in [7, 11) is -1.79. The summed E-state index contributed by atoms with van der Waals surface area (Å²) in [5, 5.41) is 7.48. The van der Waals surface area contributed by atoms with Crippen LogP contribution in [0.5, 0.6) is 0 Å². The Labute approximate surface area is 355 Å². The van der Waals surface area contributed by atoms with Crippen molar-refractivity contribution in [2.45, 2.75) is 0 Å². The van der Waals surface area contributed by atoms with Gasteiger partial charge in [0.15, 0.2) is 23.3 Å². The molecule has 6 aliphatic heterocycles. The summed E-state index contributed by atoms with van der Waals surface area (Å²) in [5.74, 6) is 5.10. The van der Waals surface area contributed by atoms with E-state index in [9.17, 15) is 0 Å². The molecule has 4 aromatic heterocycles. The molecule has 0 unspecified atom stereocenters. The minimum atomic E-state index is -0.894. The van der Waals surface area contributed by atoms with Crippen molar-refractivity contribution in [3.05, 3.63) is 190 Å². The molecule has 10 aromatic rings. The van der Waals surface area contributed by atoms with Crippen LogP contribution < -0.4 is 22.0 Å². The first-order valence-electron chi connectivity index (χ1n) is 20.8. The molecule has 0 saturated heterocycles. The molecule has 0 fully saturated rings. The van der Waals surface area contributed by atoms with Crippen molar-refractivity contribution in [1.82, 2.24) is 17.9 Å². The van der Waals surface area contributed by atoms with Gasteiger partial charge in [-0.05, 0) is 0 Å². The average molecular weight is 806 g/mol. The van der Waals surface area contributed by atoms with Gasteiger partial charge in [-0.1, -0.05) is 146 Å². The third-order valence-electron chi connectivity index (χ3n) is 13.1. The normalized spacial score (nSPS) is 15.6. The lowest BCUT2D eigenvalue weighted by Crippen LogP contribution is -2.59. The Morgan fingerprint density at radius 2 is 0.540 bits per heavy atom. The van der Waals surface area contributed by atoms with E-state index >= 15 is 0 Å². The van der Waals surface area contributed by atoms with Crippen LogP contribution in [0.15, 0.2) is 186 Å². The van der Waals surface area contributed by atoms with Crippen molar-refractivity contribution < 1.29 is 4.57 Å². The minimum absolute atomic E-state index is 0.579. The van der Waals surface area contributed by atoms with Gasteiger partial charge >= 0.3 is 14.4 Å². The monoisotopic (exact) mass is 806 g/mol. The SMILES string of the molecule is c1ccc2c(c1)C1=NC2=Nc2c3ccccc3c3n2B(OB2n4c5c6ccccc6c4N=c4c6ccccc6c(n42)=NC2=NC(=N5)c4ccccc42)n2c(c4ccccc4c2=N3)=N1. The molecule has 288 valence electrons. The Morgan fingerprint density at radius 1 is 0.270 bits per heavy atom. The second kappa shape index (κ2) is 11.2. The molecule has 15 heteroatoms. The molecular weight excluding hydrogens is 782 g/mol. The molecule has 63 heavy (non-hydrogen) atoms. The minimum Gasteiger partial charge on any atom is -0.422 e. The summed E-state index contributed by atoms with van der Waals surface area (Å²) < 4.78 is 16.4. The van der Waals surface area contributed by atoms with E-state index in [2.05, 4.69) is 90.7 Å². The molecule has 0 radical (unpaired) electrons. The molecule has 0 amide bonds. The van der Waals surface area contributed by atoms with Crippen LogP contribution in [0, 0.1) is 0 Å². The third-order valence-corrected chi connectivity index (χ3v) is 13.1. The van der Waals surface area contributed by atoms with Gasteiger partial charge in [0.1, 0.15) is 45.2 Å². The first-order valence-corrected chi connectivity index (χ1v) is 20.8. The molecule has 6 aromatic carbocycles. The highest BCUT2D eigenvalue weighted by molar-refractivity contribution is 6.65. The smallest absolute Gasteiger partial charge is 0.422 e. The lowest BCUT2D eigenvalue weighted by molar-refractivity contribution is 0.507. The van der Waals surface area contributed by atoms with Gasteiger partial charge < -0.3 is 22.5 Å². The zero-order valence-electron chi connectivity index (χ0n) is 32.8. The zero-order valence-corrected chi connectivity index (χ0v) is 32.8. The number of rotatable bonds is 2. The van der Waals surface area contributed by atoms with Crippen LogP contribution in [0.2, 0.25) is 0 Å². The van der Waals surface area contributed by atoms with Crippen LogP contribution in [-0.2, 0) is 4.57 Å². The van der Waals surface area contributed by atoms with Crippen LogP contribution in [0.25, 0.3) is 43.1 Å². The van der Waals surface area contributed by atoms with E-state index in [1.807, 2.05) is 72.8 Å². The fourth-order valence-corrected chi connectivity index (χ4v) is 10.4. The van der Waals surface area contributed by atoms with Crippen LogP contribution in [-0.4, -0.2) is 55.6 Å². The highest BCUT2D eigenvalue weighted by Gasteiger charge is 2.46. The number of hydrogen-bond acceptors (Lipinski definition) is 9. The largest absolute Gasteiger partial charge is 0.550 e. The number of benzene rings is 6. The molecule has 16 rings (SSSR count). The van der Waals surface area contributed by atoms with Crippen molar-refractivity contribution in [1.29, 1.82) is 0 Å². The molecule has 0 aliphatic carbocycles. The fourth-order valence-electron chi connectivity index (χ4n) is 10.4. The van der Waals surface area contributed by atoms with Gasteiger partial charge in [-0.2, -0.15) is 0 Å². The molecule has 0 spiro atoms. The Hall–Kier alpha value is -8.55. The van der Waals surface area contributed by atoms with Gasteiger partial charge in [0.05, 0.1) is 0 Å². The van der Waals surface area contributed by atoms with Crippen molar-refractivity contribution in [2.24, 2.45) is 39.9 Å². The molecule has 8 bridgehead atoms. The summed E-state index contributed by atoms with van der Waals surface area (Å²) >= 11 is 0. The summed E-state index contributed by atoms with van der Waals surface area (Å²) in [6.45, 7) is 0. The maximum atomic E-state index is 7.99.